The highest BCUT2D eigenvalue weighted by Crippen LogP contribution is 2.35. The van der Waals surface area contributed by atoms with Crippen LogP contribution in [-0.4, -0.2) is 58.0 Å². The number of amides is 2. The smallest absolute Gasteiger partial charge is 0.264 e. The van der Waals surface area contributed by atoms with E-state index in [0.717, 1.165) is 15.4 Å². The zero-order valence-corrected chi connectivity index (χ0v) is 27.0. The van der Waals surface area contributed by atoms with Gasteiger partial charge >= 0.3 is 0 Å². The molecule has 0 aliphatic heterocycles. The predicted molar refractivity (Wildman–Crippen MR) is 169 cm³/mol. The number of sulfonamides is 1. The van der Waals surface area contributed by atoms with Gasteiger partial charge in [0.15, 0.2) is 0 Å². The Hall–Kier alpha value is -3.76. The van der Waals surface area contributed by atoms with Gasteiger partial charge in [0.2, 0.25) is 11.8 Å². The Morgan fingerprint density at radius 2 is 1.58 bits per heavy atom. The number of nitrogens with zero attached hydrogens (tertiary/aromatic N) is 2. The lowest BCUT2D eigenvalue weighted by Crippen LogP contribution is -2.53. The van der Waals surface area contributed by atoms with Gasteiger partial charge in [-0.1, -0.05) is 55.3 Å². The van der Waals surface area contributed by atoms with Gasteiger partial charge < -0.3 is 19.7 Å². The van der Waals surface area contributed by atoms with Crippen LogP contribution in [0, 0.1) is 6.92 Å². The molecule has 3 aromatic rings. The number of halogens is 1. The lowest BCUT2D eigenvalue weighted by Gasteiger charge is -2.34. The quantitative estimate of drug-likeness (QED) is 0.250. The molecule has 0 bridgehead atoms. The average Bonchev–Trinajstić information content (AvgIpc) is 2.99. The molecule has 0 fully saturated rings. The highest BCUT2D eigenvalue weighted by molar-refractivity contribution is 7.92. The highest BCUT2D eigenvalue weighted by Gasteiger charge is 2.35. The molecule has 0 aliphatic rings. The molecule has 0 saturated heterocycles. The molecule has 3 rings (SSSR count). The minimum atomic E-state index is -4.28. The summed E-state index contributed by atoms with van der Waals surface area (Å²) in [6, 6.07) is 17.1. The molecule has 0 unspecified atom stereocenters. The van der Waals surface area contributed by atoms with Crippen molar-refractivity contribution in [3.8, 4) is 11.5 Å². The maximum Gasteiger partial charge on any atom is 0.264 e. The maximum absolute atomic E-state index is 14.3. The largest absolute Gasteiger partial charge is 0.497 e. The molecule has 1 N–H and O–H groups in total. The Bertz CT molecular complexity index is 1500. The van der Waals surface area contributed by atoms with Crippen molar-refractivity contribution in [3.05, 3.63) is 82.9 Å². The number of hydrogen-bond acceptors (Lipinski definition) is 6. The number of nitrogens with one attached hydrogen (secondary N) is 1. The number of carbonyl (C=O) groups is 2. The van der Waals surface area contributed by atoms with Gasteiger partial charge in [0, 0.05) is 17.6 Å². The van der Waals surface area contributed by atoms with Crippen molar-refractivity contribution < 1.29 is 27.5 Å². The average molecular weight is 630 g/mol. The Labute approximate surface area is 259 Å². The van der Waals surface area contributed by atoms with E-state index in [4.69, 9.17) is 21.1 Å². The summed E-state index contributed by atoms with van der Waals surface area (Å²) in [5.41, 5.74) is 1.73. The van der Waals surface area contributed by atoms with E-state index < -0.39 is 28.5 Å². The normalized spacial score (nSPS) is 12.6. The molecular weight excluding hydrogens is 590 g/mol. The third kappa shape index (κ3) is 8.42. The number of aryl methyl sites for hydroxylation is 1. The number of rotatable bonds is 14. The van der Waals surface area contributed by atoms with Gasteiger partial charge in [-0.15, -0.1) is 0 Å². The first-order valence-electron chi connectivity index (χ1n) is 14.1. The fourth-order valence-electron chi connectivity index (χ4n) is 4.50. The van der Waals surface area contributed by atoms with Gasteiger partial charge in [-0.05, 0) is 74.7 Å². The Balaban J connectivity index is 2.12. The predicted octanol–water partition coefficient (Wildman–Crippen LogP) is 5.58. The van der Waals surface area contributed by atoms with Crippen LogP contribution < -0.4 is 19.1 Å². The summed E-state index contributed by atoms with van der Waals surface area (Å²) in [6.45, 7) is 6.98. The van der Waals surface area contributed by atoms with Crippen LogP contribution in [0.15, 0.2) is 71.6 Å². The molecule has 0 heterocycles. The first-order chi connectivity index (χ1) is 20.4. The van der Waals surface area contributed by atoms with Crippen LogP contribution in [0.25, 0.3) is 0 Å². The lowest BCUT2D eigenvalue weighted by molar-refractivity contribution is -0.140. The number of methoxy groups -OCH3 is 2. The van der Waals surface area contributed by atoms with Crippen molar-refractivity contribution >= 4 is 39.1 Å². The van der Waals surface area contributed by atoms with Gasteiger partial charge in [0.05, 0.1) is 24.8 Å². The number of carbonyl (C=O) groups excluding carboxylic acids is 2. The summed E-state index contributed by atoms with van der Waals surface area (Å²) in [5.74, 6) is -0.0191. The van der Waals surface area contributed by atoms with Crippen LogP contribution >= 0.6 is 11.6 Å². The fraction of sp³-hybridized carbons (Fsp3) is 0.375. The van der Waals surface area contributed by atoms with E-state index in [1.807, 2.05) is 27.7 Å². The Kier molecular flexibility index (Phi) is 11.9. The standard InChI is InChI=1S/C32H40ClN3O6S/c1-7-23(4)34-32(38)28(8-2)35(20-24-11-14-26(41-5)15-12-24)31(37)21-36(29-19-25(33)13-18-30(29)42-6)43(39,40)27-16-9-22(3)10-17-27/h9-19,23,28H,7-8,20-21H2,1-6H3,(H,34,38)/t23-,28+/m0/s1. The van der Waals surface area contributed by atoms with Gasteiger partial charge in [-0.25, -0.2) is 8.42 Å². The van der Waals surface area contributed by atoms with E-state index in [9.17, 15) is 18.0 Å². The van der Waals surface area contributed by atoms with Gasteiger partial charge in [-0.2, -0.15) is 0 Å². The van der Waals surface area contributed by atoms with E-state index in [1.165, 1.54) is 30.2 Å². The highest BCUT2D eigenvalue weighted by atomic mass is 35.5. The van der Waals surface area contributed by atoms with Crippen LogP contribution in [0.1, 0.15) is 44.7 Å². The van der Waals surface area contributed by atoms with Crippen LogP contribution in [0.4, 0.5) is 5.69 Å². The van der Waals surface area contributed by atoms with Gasteiger partial charge in [-0.3, -0.25) is 13.9 Å². The number of benzene rings is 3. The fourth-order valence-corrected chi connectivity index (χ4v) is 6.08. The SMILES string of the molecule is CC[C@H](C(=O)N[C@@H](C)CC)N(Cc1ccc(OC)cc1)C(=O)CN(c1cc(Cl)ccc1OC)S(=O)(=O)c1ccc(C)cc1. The van der Waals surface area contributed by atoms with Crippen LogP contribution in [-0.2, 0) is 26.2 Å². The molecule has 2 atom stereocenters. The van der Waals surface area contributed by atoms with Crippen molar-refractivity contribution in [1.29, 1.82) is 0 Å². The second-order valence-corrected chi connectivity index (χ2v) is 12.6. The van der Waals surface area contributed by atoms with E-state index >= 15 is 0 Å². The minimum Gasteiger partial charge on any atom is -0.497 e. The third-order valence-corrected chi connectivity index (χ3v) is 9.21. The summed E-state index contributed by atoms with van der Waals surface area (Å²) in [5, 5.41) is 3.24. The van der Waals surface area contributed by atoms with Gasteiger partial charge in [0.1, 0.15) is 24.1 Å². The topological polar surface area (TPSA) is 105 Å². The molecule has 0 saturated carbocycles. The summed E-state index contributed by atoms with van der Waals surface area (Å²) in [7, 11) is -1.31. The molecule has 0 aromatic heterocycles. The minimum absolute atomic E-state index is 0.00353. The molecule has 43 heavy (non-hydrogen) atoms. The maximum atomic E-state index is 14.3. The molecule has 9 nitrogen and oxygen atoms in total. The molecule has 3 aromatic carbocycles. The molecule has 0 spiro atoms. The lowest BCUT2D eigenvalue weighted by atomic mass is 10.1. The second kappa shape index (κ2) is 15.1. The van der Waals surface area contributed by atoms with E-state index in [-0.39, 0.29) is 39.8 Å². The summed E-state index contributed by atoms with van der Waals surface area (Å²) in [6.07, 6.45) is 1.03. The van der Waals surface area contributed by atoms with Crippen molar-refractivity contribution in [3.63, 3.8) is 0 Å². The Morgan fingerprint density at radius 3 is 2.14 bits per heavy atom. The van der Waals surface area contributed by atoms with Crippen molar-refractivity contribution in [2.75, 3.05) is 25.1 Å². The molecular formula is C32H40ClN3O6S. The first kappa shape index (κ1) is 33.7. The molecule has 0 aliphatic carbocycles. The molecule has 0 radical (unpaired) electrons. The van der Waals surface area contributed by atoms with Gasteiger partial charge in [0.25, 0.3) is 10.0 Å². The van der Waals surface area contributed by atoms with Crippen molar-refractivity contribution in [1.82, 2.24) is 10.2 Å². The van der Waals surface area contributed by atoms with E-state index in [2.05, 4.69) is 5.32 Å². The first-order valence-corrected chi connectivity index (χ1v) is 15.9. The number of ether oxygens (including phenoxy) is 2. The summed E-state index contributed by atoms with van der Waals surface area (Å²) in [4.78, 5) is 29.1. The van der Waals surface area contributed by atoms with Crippen LogP contribution in [0.3, 0.4) is 0 Å². The molecule has 11 heteroatoms. The number of anilines is 1. The second-order valence-electron chi connectivity index (χ2n) is 10.3. The van der Waals surface area contributed by atoms with E-state index in [0.29, 0.717) is 18.6 Å². The third-order valence-electron chi connectivity index (χ3n) is 7.20. The number of hydrogen-bond donors (Lipinski definition) is 1. The zero-order valence-electron chi connectivity index (χ0n) is 25.5. The van der Waals surface area contributed by atoms with Crippen LogP contribution in [0.5, 0.6) is 11.5 Å². The Morgan fingerprint density at radius 1 is 0.930 bits per heavy atom. The monoisotopic (exact) mass is 629 g/mol. The van der Waals surface area contributed by atoms with E-state index in [1.54, 1.807) is 55.6 Å². The van der Waals surface area contributed by atoms with Crippen molar-refractivity contribution in [2.45, 2.75) is 64.1 Å². The zero-order chi connectivity index (χ0) is 31.7. The summed E-state index contributed by atoms with van der Waals surface area (Å²) >= 11 is 6.31. The summed E-state index contributed by atoms with van der Waals surface area (Å²) < 4.78 is 40.0. The molecule has 232 valence electrons. The van der Waals surface area contributed by atoms with Crippen molar-refractivity contribution in [2.24, 2.45) is 0 Å². The molecule has 2 amide bonds. The van der Waals surface area contributed by atoms with Crippen LogP contribution in [0.2, 0.25) is 5.02 Å².